The van der Waals surface area contributed by atoms with Crippen LogP contribution in [-0.4, -0.2) is 47.1 Å². The Bertz CT molecular complexity index is 559. The normalized spacial score (nSPS) is 28.4. The fraction of sp³-hybridized carbons (Fsp3) is 0.462. The Kier molecular flexibility index (Phi) is 1.80. The quantitative estimate of drug-likeness (QED) is 0.802. The molecule has 2 aromatic rings. The summed E-state index contributed by atoms with van der Waals surface area (Å²) < 4.78 is 0. The topological polar surface area (TPSA) is 35.2 Å². The van der Waals surface area contributed by atoms with Crippen molar-refractivity contribution in [2.45, 2.75) is 18.5 Å². The first-order chi connectivity index (χ1) is 8.33. The number of nitrogens with one attached hydrogen (secondary N) is 1. The van der Waals surface area contributed by atoms with Gasteiger partial charge in [0.2, 0.25) is 0 Å². The van der Waals surface area contributed by atoms with Crippen LogP contribution >= 0.6 is 0 Å². The molecule has 0 spiro atoms. The largest absolute Gasteiger partial charge is 0.364 e. The average molecular weight is 228 g/mol. The molecule has 0 saturated carbocycles. The number of H-pyrrole nitrogens is 1. The molecule has 4 rings (SSSR count). The van der Waals surface area contributed by atoms with Gasteiger partial charge in [-0.1, -0.05) is 6.07 Å². The van der Waals surface area contributed by atoms with E-state index in [0.717, 1.165) is 23.6 Å². The minimum atomic E-state index is 0.673. The second-order valence-corrected chi connectivity index (χ2v) is 5.21. The number of piperazine rings is 1. The van der Waals surface area contributed by atoms with Crippen molar-refractivity contribution in [3.8, 4) is 0 Å². The van der Waals surface area contributed by atoms with E-state index in [-0.39, 0.29) is 0 Å². The second kappa shape index (κ2) is 3.23. The van der Waals surface area contributed by atoms with Crippen LogP contribution in [0.4, 0.5) is 5.69 Å². The Balaban J connectivity index is 1.78. The van der Waals surface area contributed by atoms with Crippen LogP contribution in [0.5, 0.6) is 0 Å². The van der Waals surface area contributed by atoms with E-state index in [4.69, 9.17) is 0 Å². The summed E-state index contributed by atoms with van der Waals surface area (Å²) in [6, 6.07) is 7.81. The van der Waals surface area contributed by atoms with Gasteiger partial charge in [0.05, 0.1) is 17.5 Å². The van der Waals surface area contributed by atoms with Crippen molar-refractivity contribution in [2.24, 2.45) is 0 Å². The zero-order chi connectivity index (χ0) is 11.4. The molecule has 1 N–H and O–H groups in total. The number of benzene rings is 1. The molecule has 2 atom stereocenters. The molecule has 2 aliphatic rings. The van der Waals surface area contributed by atoms with Crippen LogP contribution in [0.25, 0.3) is 11.0 Å². The number of imidazole rings is 1. The number of anilines is 1. The summed E-state index contributed by atoms with van der Waals surface area (Å²) in [4.78, 5) is 12.7. The van der Waals surface area contributed by atoms with Gasteiger partial charge in [-0.15, -0.1) is 0 Å². The number of likely N-dealkylation sites (N-methyl/N-ethyl adjacent to an activating group) is 1. The Hall–Kier alpha value is -1.55. The van der Waals surface area contributed by atoms with Crippen molar-refractivity contribution >= 4 is 16.7 Å². The van der Waals surface area contributed by atoms with Gasteiger partial charge in [0.1, 0.15) is 5.52 Å². The fourth-order valence-electron chi connectivity index (χ4n) is 3.34. The summed E-state index contributed by atoms with van der Waals surface area (Å²) in [7, 11) is 2.23. The Morgan fingerprint density at radius 1 is 1.29 bits per heavy atom. The van der Waals surface area contributed by atoms with Gasteiger partial charge in [-0.05, 0) is 25.6 Å². The fourth-order valence-corrected chi connectivity index (χ4v) is 3.34. The van der Waals surface area contributed by atoms with Gasteiger partial charge in [0, 0.05) is 25.2 Å². The Morgan fingerprint density at radius 2 is 2.24 bits per heavy atom. The van der Waals surface area contributed by atoms with E-state index in [1.54, 1.807) is 6.33 Å². The van der Waals surface area contributed by atoms with E-state index in [1.165, 1.54) is 18.7 Å². The highest BCUT2D eigenvalue weighted by Crippen LogP contribution is 2.36. The molecule has 88 valence electrons. The van der Waals surface area contributed by atoms with Crippen LogP contribution in [0.3, 0.4) is 0 Å². The molecule has 4 heteroatoms. The highest BCUT2D eigenvalue weighted by atomic mass is 15.3. The number of hydrogen-bond acceptors (Lipinski definition) is 3. The highest BCUT2D eigenvalue weighted by Gasteiger charge is 2.41. The lowest BCUT2D eigenvalue weighted by molar-refractivity contribution is 0.293. The van der Waals surface area contributed by atoms with E-state index in [9.17, 15) is 0 Å². The molecule has 1 aromatic heterocycles. The van der Waals surface area contributed by atoms with Crippen LogP contribution in [0, 0.1) is 0 Å². The molecule has 2 fully saturated rings. The summed E-state index contributed by atoms with van der Waals surface area (Å²) in [6.07, 6.45) is 3.09. The molecule has 4 nitrogen and oxygen atoms in total. The summed E-state index contributed by atoms with van der Waals surface area (Å²) in [5, 5.41) is 0. The van der Waals surface area contributed by atoms with Crippen molar-refractivity contribution in [3.05, 3.63) is 24.5 Å². The van der Waals surface area contributed by atoms with Crippen LogP contribution in [-0.2, 0) is 0 Å². The molecule has 3 heterocycles. The van der Waals surface area contributed by atoms with Crippen LogP contribution < -0.4 is 4.90 Å². The third-order valence-corrected chi connectivity index (χ3v) is 4.25. The Morgan fingerprint density at radius 3 is 3.00 bits per heavy atom. The number of aromatic amines is 1. The van der Waals surface area contributed by atoms with Crippen molar-refractivity contribution in [1.29, 1.82) is 0 Å². The van der Waals surface area contributed by atoms with Crippen LogP contribution in [0.1, 0.15) is 6.42 Å². The van der Waals surface area contributed by atoms with Gasteiger partial charge in [0.25, 0.3) is 0 Å². The number of hydrogen-bond donors (Lipinski definition) is 1. The first-order valence-corrected chi connectivity index (χ1v) is 6.22. The first kappa shape index (κ1) is 9.48. The van der Waals surface area contributed by atoms with E-state index in [0.29, 0.717) is 6.04 Å². The van der Waals surface area contributed by atoms with Crippen molar-refractivity contribution in [3.63, 3.8) is 0 Å². The zero-order valence-electron chi connectivity index (χ0n) is 9.93. The standard InChI is InChI=1S/C13H16N4/c1-16-6-10-5-9(16)7-17(10)12-4-2-3-11-13(12)15-8-14-11/h2-4,8-10H,5-7H2,1H3,(H,14,15)/t9-,10-/m0/s1. The molecule has 17 heavy (non-hydrogen) atoms. The van der Waals surface area contributed by atoms with Crippen molar-refractivity contribution in [1.82, 2.24) is 14.9 Å². The minimum Gasteiger partial charge on any atom is -0.364 e. The maximum atomic E-state index is 4.46. The predicted molar refractivity (Wildman–Crippen MR) is 68.3 cm³/mol. The lowest BCUT2D eigenvalue weighted by Crippen LogP contribution is -2.44. The molecule has 0 radical (unpaired) electrons. The lowest BCUT2D eigenvalue weighted by atomic mass is 10.2. The number of aromatic nitrogens is 2. The molecule has 0 amide bonds. The van der Waals surface area contributed by atoms with E-state index < -0.39 is 0 Å². The maximum Gasteiger partial charge on any atom is 0.112 e. The number of nitrogens with zero attached hydrogens (tertiary/aromatic N) is 3. The van der Waals surface area contributed by atoms with E-state index in [2.05, 4.69) is 45.0 Å². The van der Waals surface area contributed by atoms with Crippen molar-refractivity contribution in [2.75, 3.05) is 25.0 Å². The van der Waals surface area contributed by atoms with Gasteiger partial charge in [-0.3, -0.25) is 4.90 Å². The van der Waals surface area contributed by atoms with Gasteiger partial charge < -0.3 is 9.88 Å². The van der Waals surface area contributed by atoms with Gasteiger partial charge >= 0.3 is 0 Å². The average Bonchev–Trinajstić information content (AvgIpc) is 3.01. The van der Waals surface area contributed by atoms with Gasteiger partial charge in [-0.25, -0.2) is 4.98 Å². The highest BCUT2D eigenvalue weighted by molar-refractivity contribution is 5.88. The summed E-state index contributed by atoms with van der Waals surface area (Å²) in [5.74, 6) is 0. The molecular weight excluding hydrogens is 212 g/mol. The number of fused-ring (bicyclic) bond motifs is 3. The maximum absolute atomic E-state index is 4.46. The third-order valence-electron chi connectivity index (χ3n) is 4.25. The molecule has 0 unspecified atom stereocenters. The van der Waals surface area contributed by atoms with E-state index >= 15 is 0 Å². The summed E-state index contributed by atoms with van der Waals surface area (Å²) in [6.45, 7) is 2.33. The predicted octanol–water partition coefficient (Wildman–Crippen LogP) is 1.46. The number of rotatable bonds is 1. The first-order valence-electron chi connectivity index (χ1n) is 6.22. The second-order valence-electron chi connectivity index (χ2n) is 5.21. The SMILES string of the molecule is CN1C[C@@H]2C[C@H]1CN2c1cccc2[nH]cnc12. The molecule has 2 saturated heterocycles. The smallest absolute Gasteiger partial charge is 0.112 e. The monoisotopic (exact) mass is 228 g/mol. The van der Waals surface area contributed by atoms with Gasteiger partial charge in [0.15, 0.2) is 0 Å². The molecule has 2 bridgehead atoms. The minimum absolute atomic E-state index is 0.673. The van der Waals surface area contributed by atoms with E-state index in [1.807, 2.05) is 0 Å². The third kappa shape index (κ3) is 1.24. The summed E-state index contributed by atoms with van der Waals surface area (Å²) in [5.41, 5.74) is 3.55. The van der Waals surface area contributed by atoms with Gasteiger partial charge in [-0.2, -0.15) is 0 Å². The number of likely N-dealkylation sites (tertiary alicyclic amines) is 1. The molecule has 2 aliphatic heterocycles. The lowest BCUT2D eigenvalue weighted by Gasteiger charge is -2.33. The zero-order valence-corrected chi connectivity index (χ0v) is 9.93. The molecular formula is C13H16N4. The molecule has 0 aliphatic carbocycles. The van der Waals surface area contributed by atoms with Crippen LogP contribution in [0.2, 0.25) is 0 Å². The molecule has 1 aromatic carbocycles. The Labute approximate surface area is 100 Å². The van der Waals surface area contributed by atoms with Crippen molar-refractivity contribution < 1.29 is 0 Å². The van der Waals surface area contributed by atoms with Crippen LogP contribution in [0.15, 0.2) is 24.5 Å². The number of para-hydroxylation sites is 1. The summed E-state index contributed by atoms with van der Waals surface area (Å²) >= 11 is 0.